The lowest BCUT2D eigenvalue weighted by Gasteiger charge is -1.90. The van der Waals surface area contributed by atoms with Crippen LogP contribution < -0.4 is 0 Å². The van der Waals surface area contributed by atoms with Crippen molar-refractivity contribution in [1.82, 2.24) is 0 Å². The fourth-order valence-electron chi connectivity index (χ4n) is 1.04. The maximum Gasteiger partial charge on any atom is 0.0248 e. The molecule has 1 rings (SSSR count). The minimum atomic E-state index is 1.01. The molecule has 66 valence electrons. The standard InChI is InChI=1S/C13H14/c1-3-12(4-2)10-11-13-8-6-5-7-9-13/h3,5-9H,4H2,1-2H3. The van der Waals surface area contributed by atoms with Gasteiger partial charge < -0.3 is 0 Å². The molecule has 0 atom stereocenters. The van der Waals surface area contributed by atoms with Gasteiger partial charge in [-0.25, -0.2) is 0 Å². The van der Waals surface area contributed by atoms with E-state index >= 15 is 0 Å². The van der Waals surface area contributed by atoms with Gasteiger partial charge in [0.2, 0.25) is 0 Å². The second-order valence-electron chi connectivity index (χ2n) is 2.78. The maximum atomic E-state index is 3.15. The van der Waals surface area contributed by atoms with Gasteiger partial charge in [-0.2, -0.15) is 0 Å². The monoisotopic (exact) mass is 170 g/mol. The lowest BCUT2D eigenvalue weighted by molar-refractivity contribution is 1.16. The van der Waals surface area contributed by atoms with Crippen LogP contribution in [-0.2, 0) is 0 Å². The molecule has 0 aliphatic heterocycles. The van der Waals surface area contributed by atoms with Crippen LogP contribution in [0.25, 0.3) is 0 Å². The van der Waals surface area contributed by atoms with Gasteiger partial charge in [0.15, 0.2) is 0 Å². The summed E-state index contributed by atoms with van der Waals surface area (Å²) in [5.41, 5.74) is 2.28. The van der Waals surface area contributed by atoms with Crippen molar-refractivity contribution in [2.45, 2.75) is 20.3 Å². The number of hydrogen-bond donors (Lipinski definition) is 0. The number of allylic oxidation sites excluding steroid dienone is 2. The molecule has 1 aromatic rings. The molecule has 0 amide bonds. The molecule has 13 heavy (non-hydrogen) atoms. The second kappa shape index (κ2) is 5.22. The van der Waals surface area contributed by atoms with Gasteiger partial charge >= 0.3 is 0 Å². The van der Waals surface area contributed by atoms with E-state index in [0.29, 0.717) is 0 Å². The smallest absolute Gasteiger partial charge is 0.0248 e. The average molecular weight is 170 g/mol. The highest BCUT2D eigenvalue weighted by Crippen LogP contribution is 1.99. The Labute approximate surface area is 80.3 Å². The Morgan fingerprint density at radius 3 is 2.54 bits per heavy atom. The number of benzene rings is 1. The Bertz CT molecular complexity index is 333. The van der Waals surface area contributed by atoms with E-state index in [1.54, 1.807) is 0 Å². The molecule has 0 spiro atoms. The van der Waals surface area contributed by atoms with Crippen LogP contribution in [-0.4, -0.2) is 0 Å². The third-order valence-electron chi connectivity index (χ3n) is 1.87. The van der Waals surface area contributed by atoms with Crippen LogP contribution in [0, 0.1) is 11.8 Å². The fourth-order valence-corrected chi connectivity index (χ4v) is 1.04. The third kappa shape index (κ3) is 3.17. The van der Waals surface area contributed by atoms with Crippen LogP contribution in [0.4, 0.5) is 0 Å². The van der Waals surface area contributed by atoms with E-state index in [1.165, 1.54) is 5.57 Å². The van der Waals surface area contributed by atoms with E-state index in [1.807, 2.05) is 37.3 Å². The van der Waals surface area contributed by atoms with Gasteiger partial charge in [-0.3, -0.25) is 0 Å². The molecular formula is C13H14. The van der Waals surface area contributed by atoms with Crippen molar-refractivity contribution in [2.75, 3.05) is 0 Å². The van der Waals surface area contributed by atoms with Crippen LogP contribution in [0.1, 0.15) is 25.8 Å². The molecule has 0 fully saturated rings. The zero-order chi connectivity index (χ0) is 9.52. The van der Waals surface area contributed by atoms with E-state index in [0.717, 1.165) is 12.0 Å². The van der Waals surface area contributed by atoms with E-state index < -0.39 is 0 Å². The highest BCUT2D eigenvalue weighted by atomic mass is 13.9. The molecule has 0 aromatic heterocycles. The summed E-state index contributed by atoms with van der Waals surface area (Å²) in [6.45, 7) is 4.15. The van der Waals surface area contributed by atoms with Gasteiger partial charge in [0.1, 0.15) is 0 Å². The zero-order valence-corrected chi connectivity index (χ0v) is 8.17. The van der Waals surface area contributed by atoms with Gasteiger partial charge in [-0.1, -0.05) is 43.0 Å². The summed E-state index contributed by atoms with van der Waals surface area (Å²) in [5, 5.41) is 0. The van der Waals surface area contributed by atoms with Crippen LogP contribution in [0.15, 0.2) is 42.0 Å². The Hall–Kier alpha value is -1.48. The molecule has 1 aromatic carbocycles. The highest BCUT2D eigenvalue weighted by Gasteiger charge is 1.84. The minimum absolute atomic E-state index is 1.01. The normalized spacial score (nSPS) is 10.5. The Morgan fingerprint density at radius 2 is 2.00 bits per heavy atom. The molecule has 0 heterocycles. The predicted octanol–water partition coefficient (Wildman–Crippen LogP) is 3.39. The average Bonchev–Trinajstić information content (AvgIpc) is 2.21. The van der Waals surface area contributed by atoms with E-state index in [-0.39, 0.29) is 0 Å². The first-order valence-electron chi connectivity index (χ1n) is 4.59. The van der Waals surface area contributed by atoms with Gasteiger partial charge in [-0.15, -0.1) is 0 Å². The van der Waals surface area contributed by atoms with Crippen molar-refractivity contribution in [1.29, 1.82) is 0 Å². The summed E-state index contributed by atoms with van der Waals surface area (Å²) < 4.78 is 0. The van der Waals surface area contributed by atoms with Gasteiger partial charge in [0.25, 0.3) is 0 Å². The van der Waals surface area contributed by atoms with Gasteiger partial charge in [0.05, 0.1) is 0 Å². The Morgan fingerprint density at radius 1 is 1.31 bits per heavy atom. The minimum Gasteiger partial charge on any atom is -0.0761 e. The third-order valence-corrected chi connectivity index (χ3v) is 1.87. The van der Waals surface area contributed by atoms with E-state index in [4.69, 9.17) is 0 Å². The first-order valence-corrected chi connectivity index (χ1v) is 4.59. The number of hydrogen-bond acceptors (Lipinski definition) is 0. The molecule has 0 aliphatic rings. The summed E-state index contributed by atoms with van der Waals surface area (Å²) in [5.74, 6) is 6.27. The summed E-state index contributed by atoms with van der Waals surface area (Å²) in [6, 6.07) is 10.1. The predicted molar refractivity (Wildman–Crippen MR) is 57.4 cm³/mol. The molecule has 0 radical (unpaired) electrons. The van der Waals surface area contributed by atoms with E-state index in [2.05, 4.69) is 24.8 Å². The maximum absolute atomic E-state index is 3.15. The highest BCUT2D eigenvalue weighted by molar-refractivity contribution is 5.40. The summed E-state index contributed by atoms with van der Waals surface area (Å²) in [7, 11) is 0. The quantitative estimate of drug-likeness (QED) is 0.567. The Balaban J connectivity index is 2.79. The molecular weight excluding hydrogens is 156 g/mol. The van der Waals surface area contributed by atoms with Crippen LogP contribution in [0.5, 0.6) is 0 Å². The molecule has 0 bridgehead atoms. The van der Waals surface area contributed by atoms with Crippen molar-refractivity contribution in [3.8, 4) is 11.8 Å². The molecule has 0 unspecified atom stereocenters. The first-order chi connectivity index (χ1) is 6.36. The largest absolute Gasteiger partial charge is 0.0761 e. The van der Waals surface area contributed by atoms with Crippen LogP contribution >= 0.6 is 0 Å². The van der Waals surface area contributed by atoms with E-state index in [9.17, 15) is 0 Å². The molecule has 0 nitrogen and oxygen atoms in total. The fraction of sp³-hybridized carbons (Fsp3) is 0.231. The lowest BCUT2D eigenvalue weighted by atomic mass is 10.1. The first kappa shape index (κ1) is 9.61. The van der Waals surface area contributed by atoms with Crippen molar-refractivity contribution in [3.63, 3.8) is 0 Å². The summed E-state index contributed by atoms with van der Waals surface area (Å²) >= 11 is 0. The van der Waals surface area contributed by atoms with Crippen molar-refractivity contribution >= 4 is 0 Å². The molecule has 0 saturated heterocycles. The molecule has 0 aliphatic carbocycles. The zero-order valence-electron chi connectivity index (χ0n) is 8.17. The van der Waals surface area contributed by atoms with Crippen molar-refractivity contribution < 1.29 is 0 Å². The SMILES string of the molecule is CC=C(C#Cc1ccccc1)CC. The van der Waals surface area contributed by atoms with Gasteiger partial charge in [0, 0.05) is 5.56 Å². The van der Waals surface area contributed by atoms with Gasteiger partial charge in [-0.05, 0) is 31.1 Å². The lowest BCUT2D eigenvalue weighted by Crippen LogP contribution is -1.75. The summed E-state index contributed by atoms with van der Waals surface area (Å²) in [6.07, 6.45) is 3.08. The Kier molecular flexibility index (Phi) is 3.85. The van der Waals surface area contributed by atoms with Crippen LogP contribution in [0.2, 0.25) is 0 Å². The molecule has 0 saturated carbocycles. The van der Waals surface area contributed by atoms with Crippen molar-refractivity contribution in [2.24, 2.45) is 0 Å². The molecule has 0 N–H and O–H groups in total. The summed E-state index contributed by atoms with van der Waals surface area (Å²) in [4.78, 5) is 0. The number of rotatable bonds is 1. The molecule has 0 heteroatoms. The second-order valence-corrected chi connectivity index (χ2v) is 2.78. The topological polar surface area (TPSA) is 0 Å². The van der Waals surface area contributed by atoms with Crippen molar-refractivity contribution in [3.05, 3.63) is 47.5 Å². The van der Waals surface area contributed by atoms with Crippen LogP contribution in [0.3, 0.4) is 0 Å².